The summed E-state index contributed by atoms with van der Waals surface area (Å²) in [5.74, 6) is 0.0195. The van der Waals surface area contributed by atoms with Crippen LogP contribution in [0, 0.1) is 10.1 Å². The van der Waals surface area contributed by atoms with Crippen LogP contribution < -0.4 is 20.1 Å². The van der Waals surface area contributed by atoms with Crippen LogP contribution >= 0.6 is 0 Å². The summed E-state index contributed by atoms with van der Waals surface area (Å²) in [6.45, 7) is 1.39. The van der Waals surface area contributed by atoms with Gasteiger partial charge in [-0.25, -0.2) is 0 Å². The summed E-state index contributed by atoms with van der Waals surface area (Å²) < 4.78 is 10.3. The molecule has 1 heterocycles. The molecule has 0 atom stereocenters. The monoisotopic (exact) mass is 369 g/mol. The van der Waals surface area contributed by atoms with Gasteiger partial charge < -0.3 is 20.1 Å². The van der Waals surface area contributed by atoms with Crippen molar-refractivity contribution in [2.24, 2.45) is 0 Å². The summed E-state index contributed by atoms with van der Waals surface area (Å²) in [6, 6.07) is 9.25. The third-order valence-electron chi connectivity index (χ3n) is 3.61. The quantitative estimate of drug-likeness (QED) is 0.475. The van der Waals surface area contributed by atoms with Crippen LogP contribution in [0.4, 0.5) is 17.1 Å². The van der Waals surface area contributed by atoms with Gasteiger partial charge in [0.25, 0.3) is 5.69 Å². The molecule has 9 heteroatoms. The topological polar surface area (TPSA) is 120 Å². The maximum atomic E-state index is 12.1. The minimum Gasteiger partial charge on any atom is -0.454 e. The first kappa shape index (κ1) is 17.9. The highest BCUT2D eigenvalue weighted by molar-refractivity contribution is 6.02. The van der Waals surface area contributed by atoms with E-state index in [0.29, 0.717) is 22.9 Å². The Hall–Kier alpha value is -3.88. The number of hydrogen-bond donors (Lipinski definition) is 2. The van der Waals surface area contributed by atoms with Crippen LogP contribution in [0.15, 0.2) is 42.5 Å². The molecule has 9 nitrogen and oxygen atoms in total. The van der Waals surface area contributed by atoms with E-state index in [9.17, 15) is 19.7 Å². The Morgan fingerprint density at radius 2 is 1.67 bits per heavy atom. The van der Waals surface area contributed by atoms with Crippen LogP contribution in [-0.2, 0) is 9.59 Å². The standard InChI is InChI=1S/C18H15N3O6/c1-11(22)19-13-3-5-14(6-4-13)20-18(23)7-2-12-8-16-17(27-10-26-16)9-15(12)21(24)25/h2-9H,10H2,1H3,(H,19,22)(H,20,23)/b7-2+. The molecule has 1 aliphatic heterocycles. The number of hydrogen-bond acceptors (Lipinski definition) is 6. The molecule has 0 unspecified atom stereocenters. The molecule has 0 spiro atoms. The number of benzene rings is 2. The number of nitrogens with zero attached hydrogens (tertiary/aromatic N) is 1. The zero-order chi connectivity index (χ0) is 19.4. The molecule has 2 aromatic rings. The first-order valence-corrected chi connectivity index (χ1v) is 7.87. The number of carbonyl (C=O) groups excluding carboxylic acids is 2. The summed E-state index contributed by atoms with van der Waals surface area (Å²) in [6.07, 6.45) is 2.52. The fourth-order valence-electron chi connectivity index (χ4n) is 2.43. The SMILES string of the molecule is CC(=O)Nc1ccc(NC(=O)/C=C/c2cc3c(cc2[N+](=O)[O-])OCO3)cc1. The molecule has 0 saturated heterocycles. The van der Waals surface area contributed by atoms with Crippen LogP contribution in [-0.4, -0.2) is 23.5 Å². The van der Waals surface area contributed by atoms with Crippen LogP contribution in [0.3, 0.4) is 0 Å². The molecule has 2 amide bonds. The van der Waals surface area contributed by atoms with Gasteiger partial charge >= 0.3 is 0 Å². The number of ether oxygens (including phenoxy) is 2. The second-order valence-electron chi connectivity index (χ2n) is 5.60. The maximum absolute atomic E-state index is 12.1. The number of nitro benzene ring substituents is 1. The van der Waals surface area contributed by atoms with E-state index >= 15 is 0 Å². The number of nitro groups is 1. The molecule has 2 N–H and O–H groups in total. The van der Waals surface area contributed by atoms with Gasteiger partial charge in [0.2, 0.25) is 18.6 Å². The summed E-state index contributed by atoms with van der Waals surface area (Å²) >= 11 is 0. The van der Waals surface area contributed by atoms with Crippen molar-refractivity contribution < 1.29 is 24.0 Å². The Labute approximate surface area is 153 Å². The minimum atomic E-state index is -0.555. The molecule has 0 aliphatic carbocycles. The van der Waals surface area contributed by atoms with E-state index in [0.717, 1.165) is 0 Å². The highest BCUT2D eigenvalue weighted by Crippen LogP contribution is 2.38. The van der Waals surface area contributed by atoms with E-state index in [-0.39, 0.29) is 24.0 Å². The van der Waals surface area contributed by atoms with E-state index in [1.54, 1.807) is 24.3 Å². The second kappa shape index (κ2) is 7.56. The fourth-order valence-corrected chi connectivity index (χ4v) is 2.43. The highest BCUT2D eigenvalue weighted by atomic mass is 16.7. The smallest absolute Gasteiger partial charge is 0.280 e. The molecular weight excluding hydrogens is 354 g/mol. The van der Waals surface area contributed by atoms with Gasteiger partial charge in [0.05, 0.1) is 16.6 Å². The van der Waals surface area contributed by atoms with Crippen molar-refractivity contribution >= 4 is 35.0 Å². The molecule has 3 rings (SSSR count). The summed E-state index contributed by atoms with van der Waals surface area (Å²) in [5.41, 5.74) is 1.15. The van der Waals surface area contributed by atoms with Crippen molar-refractivity contribution in [1.29, 1.82) is 0 Å². The van der Waals surface area contributed by atoms with E-state index in [2.05, 4.69) is 10.6 Å². The highest BCUT2D eigenvalue weighted by Gasteiger charge is 2.22. The van der Waals surface area contributed by atoms with Crippen LogP contribution in [0.1, 0.15) is 12.5 Å². The average Bonchev–Trinajstić information content (AvgIpc) is 3.07. The normalized spacial score (nSPS) is 12.0. The van der Waals surface area contributed by atoms with Crippen molar-refractivity contribution in [2.45, 2.75) is 6.92 Å². The molecule has 2 aromatic carbocycles. The van der Waals surface area contributed by atoms with Crippen molar-refractivity contribution in [2.75, 3.05) is 17.4 Å². The number of anilines is 2. The van der Waals surface area contributed by atoms with Gasteiger partial charge in [-0.15, -0.1) is 0 Å². The van der Waals surface area contributed by atoms with Gasteiger partial charge in [-0.2, -0.15) is 0 Å². The lowest BCUT2D eigenvalue weighted by Gasteiger charge is -2.05. The maximum Gasteiger partial charge on any atom is 0.280 e. The first-order valence-electron chi connectivity index (χ1n) is 7.87. The minimum absolute atomic E-state index is 0.00534. The van der Waals surface area contributed by atoms with E-state index in [4.69, 9.17) is 9.47 Å². The lowest BCUT2D eigenvalue weighted by atomic mass is 10.1. The summed E-state index contributed by atoms with van der Waals surface area (Å²) in [4.78, 5) is 33.7. The van der Waals surface area contributed by atoms with Gasteiger partial charge in [0.1, 0.15) is 0 Å². The molecule has 0 fully saturated rings. The zero-order valence-corrected chi connectivity index (χ0v) is 14.2. The Balaban J connectivity index is 1.71. The van der Waals surface area contributed by atoms with Gasteiger partial charge in [-0.05, 0) is 36.4 Å². The third-order valence-corrected chi connectivity index (χ3v) is 3.61. The third kappa shape index (κ3) is 4.40. The predicted octanol–water partition coefficient (Wildman–Crippen LogP) is 2.93. The Bertz CT molecular complexity index is 937. The van der Waals surface area contributed by atoms with Gasteiger partial charge in [0, 0.05) is 24.4 Å². The molecule has 0 radical (unpaired) electrons. The second-order valence-corrected chi connectivity index (χ2v) is 5.60. The number of nitrogens with one attached hydrogen (secondary N) is 2. The van der Waals surface area contributed by atoms with Crippen LogP contribution in [0.2, 0.25) is 0 Å². The first-order chi connectivity index (χ1) is 12.9. The van der Waals surface area contributed by atoms with Gasteiger partial charge in [-0.1, -0.05) is 0 Å². The van der Waals surface area contributed by atoms with E-state index in [1.807, 2.05) is 0 Å². The number of rotatable bonds is 5. The fraction of sp³-hybridized carbons (Fsp3) is 0.111. The van der Waals surface area contributed by atoms with E-state index < -0.39 is 10.8 Å². The number of carbonyl (C=O) groups is 2. The van der Waals surface area contributed by atoms with Crippen molar-refractivity contribution in [1.82, 2.24) is 0 Å². The van der Waals surface area contributed by atoms with Crippen molar-refractivity contribution in [3.63, 3.8) is 0 Å². The van der Waals surface area contributed by atoms with Gasteiger partial charge in [-0.3, -0.25) is 19.7 Å². The van der Waals surface area contributed by atoms with Crippen molar-refractivity contribution in [3.05, 3.63) is 58.2 Å². The molecule has 138 valence electrons. The van der Waals surface area contributed by atoms with E-state index in [1.165, 1.54) is 31.2 Å². The zero-order valence-electron chi connectivity index (χ0n) is 14.2. The molecule has 27 heavy (non-hydrogen) atoms. The summed E-state index contributed by atoms with van der Waals surface area (Å²) in [5, 5.41) is 16.5. The molecule has 0 aromatic heterocycles. The lowest BCUT2D eigenvalue weighted by molar-refractivity contribution is -0.385. The lowest BCUT2D eigenvalue weighted by Crippen LogP contribution is -2.08. The van der Waals surface area contributed by atoms with Crippen LogP contribution in [0.5, 0.6) is 11.5 Å². The average molecular weight is 369 g/mol. The number of amides is 2. The Morgan fingerprint density at radius 3 is 2.26 bits per heavy atom. The van der Waals surface area contributed by atoms with Gasteiger partial charge in [0.15, 0.2) is 11.5 Å². The van der Waals surface area contributed by atoms with Crippen LogP contribution in [0.25, 0.3) is 6.08 Å². The van der Waals surface area contributed by atoms with Crippen molar-refractivity contribution in [3.8, 4) is 11.5 Å². The molecule has 1 aliphatic rings. The molecule has 0 bridgehead atoms. The Morgan fingerprint density at radius 1 is 1.07 bits per heavy atom. The Kier molecular flexibility index (Phi) is 5.02. The number of fused-ring (bicyclic) bond motifs is 1. The molecular formula is C18H15N3O6. The summed E-state index contributed by atoms with van der Waals surface area (Å²) in [7, 11) is 0. The predicted molar refractivity (Wildman–Crippen MR) is 97.6 cm³/mol. The largest absolute Gasteiger partial charge is 0.454 e. The molecule has 0 saturated carbocycles.